The largest absolute Gasteiger partial charge is 0.369 e. The molecule has 3 aromatic heterocycles. The van der Waals surface area contributed by atoms with Crippen molar-refractivity contribution in [3.8, 4) is 18.2 Å². The molecule has 2 N–H and O–H groups in total. The molecule has 2 saturated heterocycles. The molecule has 17 heteroatoms. The van der Waals surface area contributed by atoms with Crippen molar-refractivity contribution < 1.29 is 13.2 Å². The van der Waals surface area contributed by atoms with Gasteiger partial charge in [0.25, 0.3) is 16.7 Å². The highest BCUT2D eigenvalue weighted by atomic mass is 79.9. The summed E-state index contributed by atoms with van der Waals surface area (Å²) < 4.78 is 48.8. The van der Waals surface area contributed by atoms with Crippen LogP contribution in [0.3, 0.4) is 0 Å². The number of pyridine rings is 3. The summed E-state index contributed by atoms with van der Waals surface area (Å²) in [6, 6.07) is 15.0. The molecule has 2 aliphatic heterocycles. The molecule has 0 bridgehead atoms. The predicted octanol–water partition coefficient (Wildman–Crippen LogP) is 9.53. The van der Waals surface area contributed by atoms with Crippen molar-refractivity contribution in [1.29, 1.82) is 15.8 Å². The smallest absolute Gasteiger partial charge is 0.269 e. The molecule has 68 heavy (non-hydrogen) atoms. The van der Waals surface area contributed by atoms with E-state index in [1.54, 1.807) is 20.6 Å². The Morgan fingerprint density at radius 1 is 0.559 bits per heavy atom. The first-order valence-corrected chi connectivity index (χ1v) is 23.6. The summed E-state index contributed by atoms with van der Waals surface area (Å²) >= 11 is 3.21. The lowest BCUT2D eigenvalue weighted by Crippen LogP contribution is -2.28. The van der Waals surface area contributed by atoms with Crippen molar-refractivity contribution in [2.24, 2.45) is 11.7 Å². The van der Waals surface area contributed by atoms with E-state index in [0.29, 0.717) is 56.6 Å². The number of benzene rings is 3. The summed E-state index contributed by atoms with van der Waals surface area (Å²) in [5, 5.41) is 29.3. The molecule has 2 atom stereocenters. The quantitative estimate of drug-likeness (QED) is 0.177. The number of fused-ring (bicyclic) bond motifs is 3. The average Bonchev–Trinajstić information content (AvgIpc) is 4.21. The highest BCUT2D eigenvalue weighted by molar-refractivity contribution is 9.10. The van der Waals surface area contributed by atoms with Gasteiger partial charge < -0.3 is 29.2 Å². The molecule has 3 aliphatic carbocycles. The van der Waals surface area contributed by atoms with E-state index < -0.39 is 0 Å². The number of nitriles is 3. The number of aryl methyl sites for hydroxylation is 3. The highest BCUT2D eigenvalue weighted by Crippen LogP contribution is 2.42. The summed E-state index contributed by atoms with van der Waals surface area (Å²) in [7, 11) is 0. The van der Waals surface area contributed by atoms with Crippen LogP contribution in [0, 0.1) is 78.1 Å². The third-order valence-electron chi connectivity index (χ3n) is 13.8. The fraction of sp³-hybridized carbons (Fsp3) is 0.412. The first-order chi connectivity index (χ1) is 32.1. The van der Waals surface area contributed by atoms with Crippen LogP contribution in [0.5, 0.6) is 0 Å². The third-order valence-corrected chi connectivity index (χ3v) is 14.8. The minimum Gasteiger partial charge on any atom is -0.369 e. The molecule has 5 heterocycles. The molecular formula is C51H50BrClF3N9O3. The van der Waals surface area contributed by atoms with Gasteiger partial charge in [0.05, 0.1) is 32.4 Å². The van der Waals surface area contributed by atoms with Crippen LogP contribution >= 0.6 is 28.3 Å². The van der Waals surface area contributed by atoms with Crippen LogP contribution in [0.4, 0.5) is 24.5 Å². The molecular weight excluding hydrogens is 959 g/mol. The second kappa shape index (κ2) is 18.8. The van der Waals surface area contributed by atoms with E-state index in [2.05, 4.69) is 27.8 Å². The number of hydrogen-bond acceptors (Lipinski definition) is 9. The minimum absolute atomic E-state index is 0. The van der Waals surface area contributed by atoms with E-state index in [1.807, 2.05) is 37.0 Å². The molecule has 0 spiro atoms. The Kier molecular flexibility index (Phi) is 13.3. The molecule has 12 nitrogen and oxygen atoms in total. The van der Waals surface area contributed by atoms with Gasteiger partial charge in [-0.3, -0.25) is 14.4 Å². The summed E-state index contributed by atoms with van der Waals surface area (Å²) in [5.74, 6) is -0.418. The van der Waals surface area contributed by atoms with Gasteiger partial charge in [-0.1, -0.05) is 6.92 Å². The third kappa shape index (κ3) is 8.65. The lowest BCUT2D eigenvalue weighted by molar-refractivity contribution is 0.619. The van der Waals surface area contributed by atoms with Gasteiger partial charge in [0.1, 0.15) is 52.3 Å². The molecule has 3 saturated carbocycles. The van der Waals surface area contributed by atoms with Gasteiger partial charge in [-0.05, 0) is 147 Å². The zero-order valence-electron chi connectivity index (χ0n) is 38.1. The van der Waals surface area contributed by atoms with E-state index >= 15 is 0 Å². The minimum atomic E-state index is -0.380. The van der Waals surface area contributed by atoms with Crippen molar-refractivity contribution in [3.63, 3.8) is 0 Å². The summed E-state index contributed by atoms with van der Waals surface area (Å²) in [6.07, 6.45) is 7.47. The molecule has 6 aromatic rings. The fourth-order valence-electron chi connectivity index (χ4n) is 10.2. The number of anilines is 2. The molecule has 0 radical (unpaired) electrons. The Balaban J connectivity index is 0.000000138. The van der Waals surface area contributed by atoms with Crippen LogP contribution in [-0.2, 0) is 0 Å². The molecule has 5 aliphatic rings. The zero-order chi connectivity index (χ0) is 47.7. The maximum absolute atomic E-state index is 14.8. The SMILES string of the molecule is Cc1c(Br)c(F)cc2cc(C#N)c(=O)n(C3CC3)c12.Cc1c(N2CC[C@H](C)C2)c(F)cc2cc(C#N)c(=O)n(C3CC3)c12.Cc1c(N2CC[C@H](N)C2)c(F)cc2cc(C#N)c(=O)n(C3CC3)c12.Cl. The van der Waals surface area contributed by atoms with Gasteiger partial charge in [0, 0.05) is 66.5 Å². The zero-order valence-corrected chi connectivity index (χ0v) is 40.5. The van der Waals surface area contributed by atoms with Crippen molar-refractivity contribution >= 4 is 72.4 Å². The van der Waals surface area contributed by atoms with Crippen molar-refractivity contribution in [3.05, 3.63) is 123 Å². The van der Waals surface area contributed by atoms with E-state index in [-0.39, 0.29) is 87.4 Å². The van der Waals surface area contributed by atoms with Crippen molar-refractivity contribution in [1.82, 2.24) is 13.7 Å². The maximum Gasteiger partial charge on any atom is 0.269 e. The highest BCUT2D eigenvalue weighted by Gasteiger charge is 2.33. The van der Waals surface area contributed by atoms with Gasteiger partial charge in [-0.2, -0.15) is 15.8 Å². The number of rotatable bonds is 5. The van der Waals surface area contributed by atoms with Crippen LogP contribution < -0.4 is 32.2 Å². The molecule has 0 amide bonds. The van der Waals surface area contributed by atoms with Crippen LogP contribution in [0.1, 0.15) is 110 Å². The Hall–Kier alpha value is -6.12. The second-order valence-electron chi connectivity index (χ2n) is 18.8. The second-order valence-corrected chi connectivity index (χ2v) is 19.6. The fourth-order valence-corrected chi connectivity index (χ4v) is 10.5. The monoisotopic (exact) mass is 1010 g/mol. The molecule has 0 unspecified atom stereocenters. The van der Waals surface area contributed by atoms with E-state index in [1.165, 1.54) is 36.4 Å². The molecule has 11 rings (SSSR count). The summed E-state index contributed by atoms with van der Waals surface area (Å²) in [5.41, 5.74) is 11.1. The number of hydrogen-bond donors (Lipinski definition) is 1. The number of halogens is 5. The van der Waals surface area contributed by atoms with Crippen LogP contribution in [0.15, 0.2) is 55.3 Å². The van der Waals surface area contributed by atoms with Gasteiger partial charge in [0.2, 0.25) is 0 Å². The van der Waals surface area contributed by atoms with Gasteiger partial charge in [-0.15, -0.1) is 12.4 Å². The first-order valence-electron chi connectivity index (χ1n) is 22.8. The number of aromatic nitrogens is 3. The normalized spacial score (nSPS) is 18.6. The van der Waals surface area contributed by atoms with E-state index in [0.717, 1.165) is 92.1 Å². The summed E-state index contributed by atoms with van der Waals surface area (Å²) in [4.78, 5) is 41.6. The Bertz CT molecular complexity index is 3240. The van der Waals surface area contributed by atoms with E-state index in [4.69, 9.17) is 11.0 Å². The Morgan fingerprint density at radius 3 is 1.24 bits per heavy atom. The molecule has 5 fully saturated rings. The molecule has 352 valence electrons. The first kappa shape index (κ1) is 48.3. The summed E-state index contributed by atoms with van der Waals surface area (Å²) in [6.45, 7) is 10.7. The van der Waals surface area contributed by atoms with Gasteiger partial charge in [-0.25, -0.2) is 13.2 Å². The average molecular weight is 1010 g/mol. The van der Waals surface area contributed by atoms with Crippen molar-refractivity contribution in [2.75, 3.05) is 36.0 Å². The maximum atomic E-state index is 14.8. The number of nitrogens with zero attached hydrogens (tertiary/aromatic N) is 8. The van der Waals surface area contributed by atoms with Crippen molar-refractivity contribution in [2.45, 2.75) is 103 Å². The lowest BCUT2D eigenvalue weighted by atomic mass is 10.0. The number of nitrogens with two attached hydrogens (primary N) is 1. The van der Waals surface area contributed by atoms with Crippen LogP contribution in [-0.4, -0.2) is 45.9 Å². The van der Waals surface area contributed by atoms with Crippen LogP contribution in [0.2, 0.25) is 0 Å². The Morgan fingerprint density at radius 2 is 0.912 bits per heavy atom. The molecule has 3 aromatic carbocycles. The predicted molar refractivity (Wildman–Crippen MR) is 263 cm³/mol. The van der Waals surface area contributed by atoms with Gasteiger partial charge >= 0.3 is 0 Å². The van der Waals surface area contributed by atoms with Crippen LogP contribution in [0.25, 0.3) is 32.7 Å². The van der Waals surface area contributed by atoms with E-state index in [9.17, 15) is 38.1 Å². The Labute approximate surface area is 405 Å². The lowest BCUT2D eigenvalue weighted by Gasteiger charge is -2.24. The standard InChI is InChI=1S/C19H20FN3O.C18H19FN4O.C14H10BrFN2O.ClH/c1-11-5-6-22(10-11)18-12(2)17-13(8-16(18)20)7-14(9-21)19(24)23(17)15-3-4-15;1-10-16-11(6-12(8-20)18(24)23(16)14-2-3-14)7-15(19)17(10)22-5-4-13(21)9-22;1-7-12(15)11(16)5-8-4-9(6-17)14(19)18(13(7)8)10-2-3-10;/h7-8,11,15H,3-6,10H2,1-2H3;6-7,13-14H,2-5,9,21H2,1H3;4-5,10H,2-3H2,1H3;1H/t11-;13-;;/m00../s1. The topological polar surface area (TPSA) is 170 Å². The van der Waals surface area contributed by atoms with Gasteiger partial charge in [0.15, 0.2) is 0 Å².